The topological polar surface area (TPSA) is 153 Å². The van der Waals surface area contributed by atoms with Crippen molar-refractivity contribution < 1.29 is 29.0 Å². The van der Waals surface area contributed by atoms with Crippen molar-refractivity contribution in [1.82, 2.24) is 30.7 Å². The van der Waals surface area contributed by atoms with Gasteiger partial charge >= 0.3 is 12.1 Å². The third kappa shape index (κ3) is 12.9. The van der Waals surface area contributed by atoms with Crippen molar-refractivity contribution in [2.45, 2.75) is 84.5 Å². The number of nitrogens with one attached hydrogen (secondary N) is 3. The number of carbonyl (C=O) groups excluding carboxylic acids is 4. The summed E-state index contributed by atoms with van der Waals surface area (Å²) in [5.41, 5.74) is 3.86. The van der Waals surface area contributed by atoms with E-state index in [9.17, 15) is 24.3 Å². The molecule has 1 aromatic heterocycles. The average Bonchev–Trinajstić information content (AvgIpc) is 3.56. The largest absolute Gasteiger partial charge is 0.453 e. The SMILES string of the molecule is COC(=O)NCC(C)(C)CC(=O)NCC(O)CC(NC(=O)C(N1CCN(Cc2ccccc2)C1=O)C(C)(C)C)C(Cc1ccc(-c2cccnc2)cc1)c1ccccc1. The number of ether oxygens (including phenoxy) is 1. The molecule has 59 heavy (non-hydrogen) atoms. The Kier molecular flexibility index (Phi) is 15.3. The van der Waals surface area contributed by atoms with Crippen molar-refractivity contribution in [3.05, 3.63) is 126 Å². The van der Waals surface area contributed by atoms with Crippen molar-refractivity contribution >= 4 is 23.9 Å². The first-order chi connectivity index (χ1) is 28.1. The van der Waals surface area contributed by atoms with E-state index in [1.165, 1.54) is 7.11 Å². The molecule has 1 aliphatic rings. The lowest BCUT2D eigenvalue weighted by molar-refractivity contribution is -0.130. The molecule has 12 heteroatoms. The fourth-order valence-corrected chi connectivity index (χ4v) is 7.74. The highest BCUT2D eigenvalue weighted by Gasteiger charge is 2.44. The molecule has 2 heterocycles. The highest BCUT2D eigenvalue weighted by molar-refractivity contribution is 5.89. The minimum Gasteiger partial charge on any atom is -0.453 e. The molecule has 0 spiro atoms. The number of pyridine rings is 1. The van der Waals surface area contributed by atoms with Crippen molar-refractivity contribution in [1.29, 1.82) is 0 Å². The molecule has 5 amide bonds. The molecule has 4 unspecified atom stereocenters. The second-order valence-electron chi connectivity index (χ2n) is 17.3. The molecule has 4 atom stereocenters. The van der Waals surface area contributed by atoms with E-state index in [2.05, 4.69) is 49.9 Å². The Bertz CT molecular complexity index is 1970. The van der Waals surface area contributed by atoms with Crippen LogP contribution in [0.1, 0.15) is 70.1 Å². The van der Waals surface area contributed by atoms with E-state index in [0.29, 0.717) is 26.1 Å². The molecule has 314 valence electrons. The van der Waals surface area contributed by atoms with Gasteiger partial charge in [-0.3, -0.25) is 14.6 Å². The first kappa shape index (κ1) is 44.4. The van der Waals surface area contributed by atoms with Gasteiger partial charge in [0.1, 0.15) is 6.04 Å². The van der Waals surface area contributed by atoms with Gasteiger partial charge in [-0.15, -0.1) is 0 Å². The number of aliphatic hydroxyl groups is 1. The molecule has 1 fully saturated rings. The smallest absolute Gasteiger partial charge is 0.406 e. The molecule has 5 rings (SSSR count). The molecular weight excluding hydrogens is 745 g/mol. The number of hydrogen-bond acceptors (Lipinski definition) is 7. The zero-order valence-corrected chi connectivity index (χ0v) is 35.2. The van der Waals surface area contributed by atoms with E-state index in [-0.39, 0.29) is 49.7 Å². The van der Waals surface area contributed by atoms with Crippen molar-refractivity contribution in [2.75, 3.05) is 33.3 Å². The standard InChI is InChI=1S/C47H60N6O6/c1-46(2,3)42(53-25-24-52(45(53)58)31-34-14-9-7-10-15-34)43(56)51-40(27-38(54)30-49-41(55)28-47(4,5)32-50-44(57)59-6)39(36-16-11-8-12-17-36)26-33-19-21-35(22-20-33)37-18-13-23-48-29-37/h7-23,29,38-40,42,54H,24-28,30-32H2,1-6H3,(H,49,55)(H,50,57)(H,51,56). The van der Waals surface area contributed by atoms with Crippen molar-refractivity contribution in [3.8, 4) is 11.1 Å². The highest BCUT2D eigenvalue weighted by atomic mass is 16.5. The van der Waals surface area contributed by atoms with Gasteiger partial charge in [-0.25, -0.2) is 9.59 Å². The summed E-state index contributed by atoms with van der Waals surface area (Å²) in [6.45, 7) is 11.1. The van der Waals surface area contributed by atoms with Crippen LogP contribution in [-0.2, 0) is 27.3 Å². The summed E-state index contributed by atoms with van der Waals surface area (Å²) in [5.74, 6) is -0.876. The normalized spacial score (nSPS) is 15.2. The minimum atomic E-state index is -1.03. The number of amides is 5. The lowest BCUT2D eigenvalue weighted by atomic mass is 9.81. The van der Waals surface area contributed by atoms with Gasteiger partial charge in [-0.05, 0) is 57.6 Å². The second kappa shape index (κ2) is 20.3. The molecule has 1 aliphatic heterocycles. The minimum absolute atomic E-state index is 0.0468. The lowest BCUT2D eigenvalue weighted by Crippen LogP contribution is -2.57. The number of hydrogen-bond donors (Lipinski definition) is 4. The van der Waals surface area contributed by atoms with Gasteiger partial charge in [0, 0.05) is 63.5 Å². The Labute approximate surface area is 348 Å². The number of benzene rings is 3. The monoisotopic (exact) mass is 804 g/mol. The molecule has 0 bridgehead atoms. The number of aliphatic hydroxyl groups excluding tert-OH is 1. The Morgan fingerprint density at radius 2 is 1.51 bits per heavy atom. The fraction of sp³-hybridized carbons (Fsp3) is 0.426. The van der Waals surface area contributed by atoms with Gasteiger partial charge < -0.3 is 35.6 Å². The maximum absolute atomic E-state index is 14.8. The van der Waals surface area contributed by atoms with Crippen LogP contribution in [0.4, 0.5) is 9.59 Å². The average molecular weight is 805 g/mol. The van der Waals surface area contributed by atoms with Crippen molar-refractivity contribution in [2.24, 2.45) is 10.8 Å². The number of urea groups is 1. The van der Waals surface area contributed by atoms with Gasteiger partial charge in [-0.2, -0.15) is 0 Å². The van der Waals surface area contributed by atoms with Crippen LogP contribution in [0.5, 0.6) is 0 Å². The number of aromatic nitrogens is 1. The predicted molar refractivity (Wildman–Crippen MR) is 229 cm³/mol. The number of nitrogens with zero attached hydrogens (tertiary/aromatic N) is 3. The van der Waals surface area contributed by atoms with Gasteiger partial charge in [0.05, 0.1) is 13.2 Å². The van der Waals surface area contributed by atoms with Gasteiger partial charge in [0.25, 0.3) is 0 Å². The van der Waals surface area contributed by atoms with Crippen LogP contribution in [0.3, 0.4) is 0 Å². The fourth-order valence-electron chi connectivity index (χ4n) is 7.74. The first-order valence-electron chi connectivity index (χ1n) is 20.3. The van der Waals surface area contributed by atoms with Crippen LogP contribution in [-0.4, -0.2) is 95.3 Å². The van der Waals surface area contributed by atoms with E-state index < -0.39 is 35.1 Å². The first-order valence-corrected chi connectivity index (χ1v) is 20.3. The van der Waals surface area contributed by atoms with Gasteiger partial charge in [0.15, 0.2) is 0 Å². The Balaban J connectivity index is 1.40. The summed E-state index contributed by atoms with van der Waals surface area (Å²) in [7, 11) is 1.28. The van der Waals surface area contributed by atoms with Crippen molar-refractivity contribution in [3.63, 3.8) is 0 Å². The van der Waals surface area contributed by atoms with Crippen LogP contribution < -0.4 is 16.0 Å². The molecule has 0 aliphatic carbocycles. The Hall–Kier alpha value is -5.75. The van der Waals surface area contributed by atoms with Gasteiger partial charge in [-0.1, -0.05) is 126 Å². The van der Waals surface area contributed by atoms with Crippen LogP contribution in [0.25, 0.3) is 11.1 Å². The quantitative estimate of drug-likeness (QED) is 0.0890. The molecule has 0 saturated carbocycles. The number of carbonyl (C=O) groups is 4. The van der Waals surface area contributed by atoms with E-state index in [1.807, 2.05) is 114 Å². The van der Waals surface area contributed by atoms with E-state index in [0.717, 1.165) is 27.8 Å². The van der Waals surface area contributed by atoms with Crippen LogP contribution in [0.15, 0.2) is 109 Å². The summed E-state index contributed by atoms with van der Waals surface area (Å²) < 4.78 is 4.66. The van der Waals surface area contributed by atoms with Crippen LogP contribution in [0, 0.1) is 10.8 Å². The molecule has 0 radical (unpaired) electrons. The summed E-state index contributed by atoms with van der Waals surface area (Å²) in [6, 6.07) is 30.3. The molecule has 3 aromatic carbocycles. The summed E-state index contributed by atoms with van der Waals surface area (Å²) >= 11 is 0. The summed E-state index contributed by atoms with van der Waals surface area (Å²) in [5, 5.41) is 20.5. The van der Waals surface area contributed by atoms with Crippen LogP contribution in [0.2, 0.25) is 0 Å². The second-order valence-corrected chi connectivity index (χ2v) is 17.3. The predicted octanol–water partition coefficient (Wildman–Crippen LogP) is 6.55. The van der Waals surface area contributed by atoms with Crippen LogP contribution >= 0.6 is 0 Å². The maximum atomic E-state index is 14.8. The van der Waals surface area contributed by atoms with Gasteiger partial charge in [0.2, 0.25) is 11.8 Å². The third-order valence-electron chi connectivity index (χ3n) is 10.8. The van der Waals surface area contributed by atoms with E-state index in [1.54, 1.807) is 16.0 Å². The third-order valence-corrected chi connectivity index (χ3v) is 10.8. The number of alkyl carbamates (subject to hydrolysis) is 1. The van der Waals surface area contributed by atoms with E-state index >= 15 is 0 Å². The Morgan fingerprint density at radius 3 is 2.14 bits per heavy atom. The number of rotatable bonds is 18. The molecular formula is C47H60N6O6. The Morgan fingerprint density at radius 1 is 0.831 bits per heavy atom. The molecule has 1 saturated heterocycles. The van der Waals surface area contributed by atoms with E-state index in [4.69, 9.17) is 0 Å². The maximum Gasteiger partial charge on any atom is 0.406 e. The molecule has 12 nitrogen and oxygen atoms in total. The number of methoxy groups -OCH3 is 1. The molecule has 4 aromatic rings. The zero-order valence-electron chi connectivity index (χ0n) is 35.2. The lowest BCUT2D eigenvalue weighted by Gasteiger charge is -2.39. The zero-order chi connectivity index (χ0) is 42.6. The summed E-state index contributed by atoms with van der Waals surface area (Å²) in [4.78, 5) is 61.3. The highest BCUT2D eigenvalue weighted by Crippen LogP contribution is 2.32. The summed E-state index contributed by atoms with van der Waals surface area (Å²) in [6.07, 6.45) is 2.73. The molecule has 4 N–H and O–H groups in total.